The van der Waals surface area contributed by atoms with E-state index >= 15 is 0 Å². The number of hydrogen-bond acceptors (Lipinski definition) is 12. The Morgan fingerprint density at radius 1 is 1.18 bits per heavy atom. The molecule has 1 atom stereocenters. The van der Waals surface area contributed by atoms with Crippen molar-refractivity contribution in [2.45, 2.75) is 35.0 Å². The lowest BCUT2D eigenvalue weighted by Crippen LogP contribution is -2.39. The number of benzene rings is 1. The summed E-state index contributed by atoms with van der Waals surface area (Å²) in [5, 5.41) is 18.2. The number of primary sulfonamides is 1. The number of halogens is 3. The third-order valence-electron chi connectivity index (χ3n) is 5.56. The summed E-state index contributed by atoms with van der Waals surface area (Å²) in [6.45, 7) is 0.396. The summed E-state index contributed by atoms with van der Waals surface area (Å²) in [7, 11) is -9.83. The van der Waals surface area contributed by atoms with E-state index < -0.39 is 59.3 Å². The second-order valence-electron chi connectivity index (χ2n) is 8.36. The highest BCUT2D eigenvalue weighted by Gasteiger charge is 2.43. The van der Waals surface area contributed by atoms with Crippen LogP contribution in [0.3, 0.4) is 0 Å². The Bertz CT molecular complexity index is 1680. The number of tetrazole rings is 1. The van der Waals surface area contributed by atoms with Crippen molar-refractivity contribution in [2.24, 2.45) is 10.9 Å². The molecule has 0 bridgehead atoms. The van der Waals surface area contributed by atoms with Crippen LogP contribution < -0.4 is 15.8 Å². The van der Waals surface area contributed by atoms with Gasteiger partial charge < -0.3 is 4.74 Å². The van der Waals surface area contributed by atoms with Gasteiger partial charge >= 0.3 is 12.1 Å². The lowest BCUT2D eigenvalue weighted by Gasteiger charge is -2.19. The molecule has 0 aliphatic carbocycles. The highest BCUT2D eigenvalue weighted by molar-refractivity contribution is 7.93. The van der Waals surface area contributed by atoms with Crippen LogP contribution in [0.15, 0.2) is 40.1 Å². The normalized spacial score (nSPS) is 15.3. The molecule has 1 unspecified atom stereocenters. The first-order valence-corrected chi connectivity index (χ1v) is 14.3. The number of alkyl halides is 3. The largest absolute Gasteiger partial charge is 0.490 e. The Labute approximate surface area is 223 Å². The number of anilines is 1. The molecule has 0 saturated carbocycles. The molecule has 0 radical (unpaired) electrons. The Hall–Kier alpha value is -4.01. The number of hydrogen-bond donors (Lipinski definition) is 3. The highest BCUT2D eigenvalue weighted by Crippen LogP contribution is 2.39. The maximum Gasteiger partial charge on any atom is 0.490 e. The van der Waals surface area contributed by atoms with E-state index in [4.69, 9.17) is 10.9 Å². The number of H-pyrrole nitrogens is 1. The summed E-state index contributed by atoms with van der Waals surface area (Å²) in [4.78, 5) is 27.1. The summed E-state index contributed by atoms with van der Waals surface area (Å²) in [5.74, 6) is -4.47. The van der Waals surface area contributed by atoms with Crippen LogP contribution in [0.2, 0.25) is 0 Å². The number of esters is 1. The average Bonchev–Trinajstić information content (AvgIpc) is 3.53. The molecule has 3 aromatic rings. The Balaban J connectivity index is 1.88. The first-order chi connectivity index (χ1) is 18.6. The van der Waals surface area contributed by atoms with E-state index in [2.05, 4.69) is 30.3 Å². The maximum atomic E-state index is 13.2. The quantitative estimate of drug-likeness (QED) is 0.225. The summed E-state index contributed by atoms with van der Waals surface area (Å²) in [5.41, 5.74) is 4.93. The van der Waals surface area contributed by atoms with E-state index in [0.717, 1.165) is 12.1 Å². The second kappa shape index (κ2) is 10.5. The number of aromatic amines is 1. The van der Waals surface area contributed by atoms with Gasteiger partial charge in [-0.15, -0.1) is 5.10 Å². The van der Waals surface area contributed by atoms with E-state index in [1.165, 1.54) is 17.0 Å². The molecule has 0 spiro atoms. The van der Waals surface area contributed by atoms with Crippen molar-refractivity contribution in [3.8, 4) is 22.6 Å². The molecule has 214 valence electrons. The molecule has 1 fully saturated rings. The number of rotatable bonds is 8. The molecule has 1 aromatic carbocycles. The predicted molar refractivity (Wildman–Crippen MR) is 128 cm³/mol. The van der Waals surface area contributed by atoms with Crippen molar-refractivity contribution in [3.05, 3.63) is 30.3 Å². The van der Waals surface area contributed by atoms with Crippen molar-refractivity contribution in [1.29, 1.82) is 0 Å². The fourth-order valence-electron chi connectivity index (χ4n) is 3.96. The number of aromatic nitrogens is 5. The average molecular weight is 605 g/mol. The number of pyridine rings is 1. The minimum Gasteiger partial charge on any atom is -0.439 e. The number of amides is 1. The van der Waals surface area contributed by atoms with Gasteiger partial charge in [-0.05, 0) is 35.0 Å². The van der Waals surface area contributed by atoms with Crippen LogP contribution >= 0.6 is 0 Å². The van der Waals surface area contributed by atoms with Crippen molar-refractivity contribution in [2.75, 3.05) is 17.2 Å². The van der Waals surface area contributed by atoms with Crippen molar-refractivity contribution >= 4 is 37.6 Å². The zero-order valence-electron chi connectivity index (χ0n) is 20.0. The molecule has 5 N–H and O–H groups in total. The van der Waals surface area contributed by atoms with Gasteiger partial charge in [0.2, 0.25) is 15.9 Å². The van der Waals surface area contributed by atoms with Gasteiger partial charge in [-0.3, -0.25) is 15.4 Å². The van der Waals surface area contributed by atoms with Gasteiger partial charge in [0.1, 0.15) is 16.5 Å². The van der Waals surface area contributed by atoms with Gasteiger partial charge in [0.25, 0.3) is 0 Å². The van der Waals surface area contributed by atoms with Gasteiger partial charge in [-0.1, -0.05) is 12.1 Å². The number of sulfone groups is 1. The molecule has 4 rings (SSSR count). The second-order valence-corrected chi connectivity index (χ2v) is 11.9. The molecular weight excluding hydrogens is 585 g/mol. The van der Waals surface area contributed by atoms with Crippen LogP contribution in [-0.4, -0.2) is 79.0 Å². The third-order valence-corrected chi connectivity index (χ3v) is 8.46. The Kier molecular flexibility index (Phi) is 7.62. The molecular formula is C20H19F3N8O7S2. The molecule has 2 aromatic heterocycles. The summed E-state index contributed by atoms with van der Waals surface area (Å²) in [6, 6.07) is 6.49. The van der Waals surface area contributed by atoms with Crippen LogP contribution in [-0.2, 0) is 34.2 Å². The fraction of sp³-hybridized carbons (Fsp3) is 0.300. The summed E-state index contributed by atoms with van der Waals surface area (Å²) < 4.78 is 93.5. The zero-order valence-corrected chi connectivity index (χ0v) is 21.6. The number of ether oxygens (including phenoxy) is 1. The number of nitrogens with zero attached hydrogens (tertiary/aromatic N) is 5. The van der Waals surface area contributed by atoms with E-state index in [9.17, 15) is 39.6 Å². The summed E-state index contributed by atoms with van der Waals surface area (Å²) in [6.07, 6.45) is -6.87. The first-order valence-electron chi connectivity index (χ1n) is 11.1. The monoisotopic (exact) mass is 604 g/mol. The molecule has 40 heavy (non-hydrogen) atoms. The number of carbonyl (C=O) groups excluding carboxylic acids is 2. The highest BCUT2D eigenvalue weighted by atomic mass is 32.2. The van der Waals surface area contributed by atoms with E-state index in [1.807, 2.05) is 0 Å². The van der Waals surface area contributed by atoms with Crippen LogP contribution in [0.4, 0.5) is 19.0 Å². The van der Waals surface area contributed by atoms with E-state index in [0.29, 0.717) is 19.4 Å². The SMILES string of the molecule is NC(CS(=O)(=O)c1ccc(-c2cccc(N3CCCC3=O)n2)c(-c2nnn[nH]2)c1S(N)(=O)=O)OC(=O)C(F)(F)F. The van der Waals surface area contributed by atoms with Crippen LogP contribution in [0.1, 0.15) is 12.8 Å². The van der Waals surface area contributed by atoms with E-state index in [-0.39, 0.29) is 28.8 Å². The van der Waals surface area contributed by atoms with Gasteiger partial charge in [0, 0.05) is 18.5 Å². The summed E-state index contributed by atoms with van der Waals surface area (Å²) >= 11 is 0. The molecule has 1 amide bonds. The molecule has 1 saturated heterocycles. The zero-order chi connectivity index (χ0) is 29.5. The van der Waals surface area contributed by atoms with Gasteiger partial charge in [-0.25, -0.2) is 36.9 Å². The number of carbonyl (C=O) groups is 2. The minimum atomic E-state index is -5.46. The number of sulfonamides is 1. The third kappa shape index (κ3) is 5.93. The van der Waals surface area contributed by atoms with Crippen LogP contribution in [0, 0.1) is 0 Å². The standard InChI is InChI=1S/C20H19F3N8O7S2/c21-20(22,23)19(33)38-13(24)9-39(34,35)12-7-6-10(16(17(12)40(25,36)37)18-27-29-30-28-18)11-3-1-4-14(26-11)31-8-2-5-15(31)32/h1,3-4,6-7,13H,2,5,8-9,24H2,(H2,25,36,37)(H,27,28,29,30). The van der Waals surface area contributed by atoms with Crippen molar-refractivity contribution in [1.82, 2.24) is 25.6 Å². The lowest BCUT2D eigenvalue weighted by atomic mass is 10.0. The van der Waals surface area contributed by atoms with Gasteiger partial charge in [0.15, 0.2) is 21.9 Å². The van der Waals surface area contributed by atoms with Crippen LogP contribution in [0.25, 0.3) is 22.6 Å². The Morgan fingerprint density at radius 2 is 1.90 bits per heavy atom. The topological polar surface area (TPSA) is 234 Å². The Morgan fingerprint density at radius 3 is 2.48 bits per heavy atom. The predicted octanol–water partition coefficient (Wildman–Crippen LogP) is -0.133. The minimum absolute atomic E-state index is 0.0252. The molecule has 1 aliphatic heterocycles. The lowest BCUT2D eigenvalue weighted by molar-refractivity contribution is -0.203. The van der Waals surface area contributed by atoms with Crippen LogP contribution in [0.5, 0.6) is 0 Å². The first kappa shape index (κ1) is 29.0. The van der Waals surface area contributed by atoms with Gasteiger partial charge in [0.05, 0.1) is 16.2 Å². The molecule has 20 heteroatoms. The maximum absolute atomic E-state index is 13.2. The fourth-order valence-corrected chi connectivity index (χ4v) is 6.87. The molecule has 3 heterocycles. The van der Waals surface area contributed by atoms with Gasteiger partial charge in [-0.2, -0.15) is 13.2 Å². The smallest absolute Gasteiger partial charge is 0.439 e. The molecule has 15 nitrogen and oxygen atoms in total. The van der Waals surface area contributed by atoms with Crippen molar-refractivity contribution < 1.29 is 44.3 Å². The number of nitrogens with one attached hydrogen (secondary N) is 1. The molecule has 1 aliphatic rings. The number of nitrogens with two attached hydrogens (primary N) is 2. The van der Waals surface area contributed by atoms with Crippen molar-refractivity contribution in [3.63, 3.8) is 0 Å². The van der Waals surface area contributed by atoms with E-state index in [1.54, 1.807) is 6.07 Å².